The van der Waals surface area contributed by atoms with E-state index in [-0.39, 0.29) is 11.8 Å². The third-order valence-corrected chi connectivity index (χ3v) is 4.75. The Balaban J connectivity index is 4.39. The molecule has 0 radical (unpaired) electrons. The smallest absolute Gasteiger partial charge is 0.214 e. The second-order valence-corrected chi connectivity index (χ2v) is 5.81. The molecular weight excluding hydrogens is 212 g/mol. The highest BCUT2D eigenvalue weighted by atomic mass is 32.2. The minimum Gasteiger partial charge on any atom is -0.330 e. The van der Waals surface area contributed by atoms with Gasteiger partial charge in [-0.1, -0.05) is 13.8 Å². The molecule has 0 spiro atoms. The molecule has 1 unspecified atom stereocenters. The van der Waals surface area contributed by atoms with E-state index in [0.717, 1.165) is 12.8 Å². The van der Waals surface area contributed by atoms with Gasteiger partial charge < -0.3 is 5.73 Å². The molecule has 0 aliphatic carbocycles. The SMILES string of the molecule is CCC(C)N(CC)S(=O)(=O)CCCCN. The molecular formula is C10H24N2O2S. The average molecular weight is 236 g/mol. The first-order valence-electron chi connectivity index (χ1n) is 5.69. The lowest BCUT2D eigenvalue weighted by molar-refractivity contribution is 0.342. The summed E-state index contributed by atoms with van der Waals surface area (Å²) in [6, 6.07) is 0.0953. The number of sulfonamides is 1. The van der Waals surface area contributed by atoms with Gasteiger partial charge in [0.1, 0.15) is 0 Å². The molecule has 0 bridgehead atoms. The lowest BCUT2D eigenvalue weighted by Gasteiger charge is -2.26. The van der Waals surface area contributed by atoms with Crippen LogP contribution in [0.15, 0.2) is 0 Å². The van der Waals surface area contributed by atoms with Crippen molar-refractivity contribution >= 4 is 10.0 Å². The van der Waals surface area contributed by atoms with Crippen molar-refractivity contribution in [2.24, 2.45) is 5.73 Å². The van der Waals surface area contributed by atoms with Crippen LogP contribution in [-0.4, -0.2) is 37.6 Å². The van der Waals surface area contributed by atoms with Crippen LogP contribution in [0.2, 0.25) is 0 Å². The Bertz CT molecular complexity index is 252. The molecule has 5 heteroatoms. The van der Waals surface area contributed by atoms with Gasteiger partial charge in [0, 0.05) is 12.6 Å². The van der Waals surface area contributed by atoms with Crippen molar-refractivity contribution in [3.05, 3.63) is 0 Å². The molecule has 0 rings (SSSR count). The highest BCUT2D eigenvalue weighted by Crippen LogP contribution is 2.11. The summed E-state index contributed by atoms with van der Waals surface area (Å²) in [5, 5.41) is 0. The summed E-state index contributed by atoms with van der Waals surface area (Å²) in [6.45, 7) is 6.95. The van der Waals surface area contributed by atoms with Crippen LogP contribution in [0, 0.1) is 0 Å². The lowest BCUT2D eigenvalue weighted by atomic mass is 10.3. The van der Waals surface area contributed by atoms with E-state index in [0.29, 0.717) is 19.5 Å². The van der Waals surface area contributed by atoms with Gasteiger partial charge in [-0.15, -0.1) is 0 Å². The van der Waals surface area contributed by atoms with Gasteiger partial charge in [-0.3, -0.25) is 0 Å². The quantitative estimate of drug-likeness (QED) is 0.644. The zero-order valence-electron chi connectivity index (χ0n) is 10.1. The van der Waals surface area contributed by atoms with E-state index in [1.165, 1.54) is 0 Å². The zero-order chi connectivity index (χ0) is 11.9. The summed E-state index contributed by atoms with van der Waals surface area (Å²) < 4.78 is 25.4. The fourth-order valence-corrected chi connectivity index (χ4v) is 3.43. The van der Waals surface area contributed by atoms with Crippen molar-refractivity contribution in [2.45, 2.75) is 46.1 Å². The molecule has 0 amide bonds. The monoisotopic (exact) mass is 236 g/mol. The summed E-state index contributed by atoms with van der Waals surface area (Å²) in [6.07, 6.45) is 2.28. The van der Waals surface area contributed by atoms with Crippen LogP contribution in [0.3, 0.4) is 0 Å². The molecule has 0 aliphatic heterocycles. The second kappa shape index (κ2) is 7.19. The minimum atomic E-state index is -3.08. The molecule has 0 aromatic rings. The van der Waals surface area contributed by atoms with Crippen LogP contribution in [0.1, 0.15) is 40.0 Å². The predicted molar refractivity (Wildman–Crippen MR) is 64.2 cm³/mol. The van der Waals surface area contributed by atoms with E-state index >= 15 is 0 Å². The number of nitrogens with two attached hydrogens (primary N) is 1. The van der Waals surface area contributed by atoms with Gasteiger partial charge in [0.2, 0.25) is 10.0 Å². The first-order valence-corrected chi connectivity index (χ1v) is 7.30. The third-order valence-electron chi connectivity index (χ3n) is 2.61. The van der Waals surface area contributed by atoms with E-state index in [9.17, 15) is 8.42 Å². The molecule has 0 aliphatic rings. The maximum absolute atomic E-state index is 11.9. The average Bonchev–Trinajstić information content (AvgIpc) is 2.18. The van der Waals surface area contributed by atoms with E-state index in [1.54, 1.807) is 4.31 Å². The fraction of sp³-hybridized carbons (Fsp3) is 1.00. The molecule has 1 atom stereocenters. The Hall–Kier alpha value is -0.130. The van der Waals surface area contributed by atoms with Gasteiger partial charge in [0.25, 0.3) is 0 Å². The molecule has 0 saturated carbocycles. The number of nitrogens with zero attached hydrogens (tertiary/aromatic N) is 1. The van der Waals surface area contributed by atoms with E-state index in [1.807, 2.05) is 20.8 Å². The Kier molecular flexibility index (Phi) is 7.13. The summed E-state index contributed by atoms with van der Waals surface area (Å²) in [5.74, 6) is 0.225. The van der Waals surface area contributed by atoms with Crippen LogP contribution >= 0.6 is 0 Å². The number of unbranched alkanes of at least 4 members (excludes halogenated alkanes) is 1. The Morgan fingerprint density at radius 3 is 2.27 bits per heavy atom. The first-order chi connectivity index (χ1) is 6.99. The normalized spacial score (nSPS) is 14.5. The Morgan fingerprint density at radius 2 is 1.87 bits per heavy atom. The lowest BCUT2D eigenvalue weighted by Crippen LogP contribution is -2.39. The van der Waals surface area contributed by atoms with Gasteiger partial charge in [0.05, 0.1) is 5.75 Å². The van der Waals surface area contributed by atoms with Crippen LogP contribution < -0.4 is 5.73 Å². The van der Waals surface area contributed by atoms with Crippen LogP contribution in [0.5, 0.6) is 0 Å². The fourth-order valence-electron chi connectivity index (χ4n) is 1.53. The molecule has 0 fully saturated rings. The van der Waals surface area contributed by atoms with Crippen molar-refractivity contribution in [1.82, 2.24) is 4.31 Å². The maximum Gasteiger partial charge on any atom is 0.214 e. The van der Waals surface area contributed by atoms with Gasteiger partial charge in [-0.2, -0.15) is 4.31 Å². The molecule has 15 heavy (non-hydrogen) atoms. The summed E-state index contributed by atoms with van der Waals surface area (Å²) in [7, 11) is -3.08. The summed E-state index contributed by atoms with van der Waals surface area (Å²) in [4.78, 5) is 0. The van der Waals surface area contributed by atoms with Crippen LogP contribution in [-0.2, 0) is 10.0 Å². The molecule has 92 valence electrons. The van der Waals surface area contributed by atoms with E-state index in [4.69, 9.17) is 5.73 Å². The largest absolute Gasteiger partial charge is 0.330 e. The molecule has 0 aromatic carbocycles. The van der Waals surface area contributed by atoms with Gasteiger partial charge in [-0.05, 0) is 32.7 Å². The molecule has 4 nitrogen and oxygen atoms in total. The highest BCUT2D eigenvalue weighted by molar-refractivity contribution is 7.89. The standard InChI is InChI=1S/C10H24N2O2S/c1-4-10(3)12(5-2)15(13,14)9-7-6-8-11/h10H,4-9,11H2,1-3H3. The molecule has 2 N–H and O–H groups in total. The van der Waals surface area contributed by atoms with Crippen molar-refractivity contribution in [3.63, 3.8) is 0 Å². The number of hydrogen-bond donors (Lipinski definition) is 1. The summed E-state index contributed by atoms with van der Waals surface area (Å²) in [5.41, 5.74) is 5.34. The van der Waals surface area contributed by atoms with Gasteiger partial charge in [0.15, 0.2) is 0 Å². The maximum atomic E-state index is 11.9. The van der Waals surface area contributed by atoms with Crippen molar-refractivity contribution < 1.29 is 8.42 Å². The van der Waals surface area contributed by atoms with Crippen molar-refractivity contribution in [2.75, 3.05) is 18.8 Å². The molecule has 0 saturated heterocycles. The minimum absolute atomic E-state index is 0.0953. The van der Waals surface area contributed by atoms with Crippen molar-refractivity contribution in [3.8, 4) is 0 Å². The van der Waals surface area contributed by atoms with E-state index in [2.05, 4.69) is 0 Å². The summed E-state index contributed by atoms with van der Waals surface area (Å²) >= 11 is 0. The third kappa shape index (κ3) is 4.95. The van der Waals surface area contributed by atoms with Crippen molar-refractivity contribution in [1.29, 1.82) is 0 Å². The second-order valence-electron chi connectivity index (χ2n) is 3.77. The molecule has 0 heterocycles. The van der Waals surface area contributed by atoms with Crippen LogP contribution in [0.4, 0.5) is 0 Å². The highest BCUT2D eigenvalue weighted by Gasteiger charge is 2.23. The number of hydrogen-bond acceptors (Lipinski definition) is 3. The molecule has 0 aromatic heterocycles. The van der Waals surface area contributed by atoms with Gasteiger partial charge in [-0.25, -0.2) is 8.42 Å². The first kappa shape index (κ1) is 14.9. The zero-order valence-corrected chi connectivity index (χ0v) is 10.9. The number of rotatable bonds is 8. The van der Waals surface area contributed by atoms with E-state index < -0.39 is 10.0 Å². The van der Waals surface area contributed by atoms with Gasteiger partial charge >= 0.3 is 0 Å². The topological polar surface area (TPSA) is 63.4 Å². The van der Waals surface area contributed by atoms with Crippen LogP contribution in [0.25, 0.3) is 0 Å². The predicted octanol–water partition coefficient (Wildman–Crippen LogP) is 1.18. The Labute approximate surface area is 93.9 Å². The Morgan fingerprint density at radius 1 is 1.27 bits per heavy atom.